The molecular weight excluding hydrogens is 328 g/mol. The van der Waals surface area contributed by atoms with Gasteiger partial charge in [-0.25, -0.2) is 4.98 Å². The quantitative estimate of drug-likeness (QED) is 0.835. The van der Waals surface area contributed by atoms with Crippen molar-refractivity contribution >= 4 is 15.9 Å². The Hall–Kier alpha value is -1.20. The standard InChI is InChI=1S/C16H21BrN4/c1-2-21-16(19-11-20-21)9-13(10-18-15-6-7-15)12-4-3-5-14(17)8-12/h3-5,8,11,13,15,18H,2,6-7,9-10H2,1H3. The van der Waals surface area contributed by atoms with Gasteiger partial charge in [0.15, 0.2) is 0 Å². The van der Waals surface area contributed by atoms with Crippen LogP contribution in [-0.2, 0) is 13.0 Å². The third-order valence-electron chi connectivity index (χ3n) is 3.97. The number of aryl methyl sites for hydroxylation is 1. The summed E-state index contributed by atoms with van der Waals surface area (Å²) < 4.78 is 3.12. The number of hydrogen-bond acceptors (Lipinski definition) is 3. The highest BCUT2D eigenvalue weighted by Gasteiger charge is 2.23. The van der Waals surface area contributed by atoms with E-state index in [4.69, 9.17) is 0 Å². The maximum absolute atomic E-state index is 4.43. The molecule has 0 saturated heterocycles. The number of benzene rings is 1. The van der Waals surface area contributed by atoms with E-state index in [-0.39, 0.29) is 0 Å². The van der Waals surface area contributed by atoms with E-state index in [9.17, 15) is 0 Å². The number of nitrogens with one attached hydrogen (secondary N) is 1. The SMILES string of the molecule is CCn1ncnc1CC(CNC1CC1)c1cccc(Br)c1. The van der Waals surface area contributed by atoms with Gasteiger partial charge in [0, 0.05) is 35.9 Å². The largest absolute Gasteiger partial charge is 0.313 e. The van der Waals surface area contributed by atoms with Crippen LogP contribution < -0.4 is 5.32 Å². The fourth-order valence-corrected chi connectivity index (χ4v) is 3.01. The first-order chi connectivity index (χ1) is 10.3. The summed E-state index contributed by atoms with van der Waals surface area (Å²) in [5.41, 5.74) is 1.35. The van der Waals surface area contributed by atoms with E-state index >= 15 is 0 Å². The van der Waals surface area contributed by atoms with Gasteiger partial charge in [0.2, 0.25) is 0 Å². The van der Waals surface area contributed by atoms with E-state index in [1.807, 2.05) is 4.68 Å². The Kier molecular flexibility index (Phi) is 4.70. The van der Waals surface area contributed by atoms with Crippen LogP contribution in [0.1, 0.15) is 37.1 Å². The third-order valence-corrected chi connectivity index (χ3v) is 4.47. The summed E-state index contributed by atoms with van der Waals surface area (Å²) >= 11 is 3.58. The summed E-state index contributed by atoms with van der Waals surface area (Å²) in [5.74, 6) is 1.50. The molecule has 0 aliphatic heterocycles. The second-order valence-corrected chi connectivity index (χ2v) is 6.55. The molecule has 1 unspecified atom stereocenters. The Morgan fingerprint density at radius 1 is 1.43 bits per heavy atom. The van der Waals surface area contributed by atoms with E-state index in [1.54, 1.807) is 6.33 Å². The van der Waals surface area contributed by atoms with Crippen LogP contribution in [0.5, 0.6) is 0 Å². The van der Waals surface area contributed by atoms with Crippen LogP contribution in [0.15, 0.2) is 35.1 Å². The third kappa shape index (κ3) is 3.92. The smallest absolute Gasteiger partial charge is 0.138 e. The zero-order chi connectivity index (χ0) is 14.7. The van der Waals surface area contributed by atoms with Gasteiger partial charge in [0.05, 0.1) is 0 Å². The van der Waals surface area contributed by atoms with Crippen molar-refractivity contribution in [1.29, 1.82) is 0 Å². The highest BCUT2D eigenvalue weighted by atomic mass is 79.9. The van der Waals surface area contributed by atoms with Crippen molar-refractivity contribution in [3.05, 3.63) is 46.5 Å². The molecule has 4 nitrogen and oxygen atoms in total. The molecule has 2 aromatic rings. The highest BCUT2D eigenvalue weighted by Crippen LogP contribution is 2.25. The van der Waals surface area contributed by atoms with Crippen molar-refractivity contribution in [1.82, 2.24) is 20.1 Å². The summed E-state index contributed by atoms with van der Waals surface area (Å²) in [6, 6.07) is 9.32. The summed E-state index contributed by atoms with van der Waals surface area (Å²) in [7, 11) is 0. The molecule has 1 aliphatic rings. The molecule has 21 heavy (non-hydrogen) atoms. The molecule has 1 aromatic heterocycles. The molecule has 3 rings (SSSR count). The lowest BCUT2D eigenvalue weighted by Crippen LogP contribution is -2.25. The van der Waals surface area contributed by atoms with Crippen LogP contribution in [0.25, 0.3) is 0 Å². The number of rotatable bonds is 7. The maximum Gasteiger partial charge on any atom is 0.138 e. The van der Waals surface area contributed by atoms with E-state index < -0.39 is 0 Å². The van der Waals surface area contributed by atoms with E-state index in [1.165, 1.54) is 18.4 Å². The molecule has 0 amide bonds. The van der Waals surface area contributed by atoms with Crippen molar-refractivity contribution in [3.63, 3.8) is 0 Å². The van der Waals surface area contributed by atoms with Crippen molar-refractivity contribution in [3.8, 4) is 0 Å². The molecule has 1 heterocycles. The topological polar surface area (TPSA) is 42.7 Å². The van der Waals surface area contributed by atoms with Gasteiger partial charge in [0.1, 0.15) is 12.2 Å². The Bertz CT molecular complexity index is 591. The molecule has 1 saturated carbocycles. The maximum atomic E-state index is 4.43. The van der Waals surface area contributed by atoms with Gasteiger partial charge in [-0.3, -0.25) is 4.68 Å². The number of halogens is 1. The van der Waals surface area contributed by atoms with Crippen molar-refractivity contribution in [2.75, 3.05) is 6.54 Å². The zero-order valence-electron chi connectivity index (χ0n) is 12.3. The Balaban J connectivity index is 1.77. The predicted octanol–water partition coefficient (Wildman–Crippen LogP) is 3.14. The average Bonchev–Trinajstić information content (AvgIpc) is 3.21. The monoisotopic (exact) mass is 348 g/mol. The van der Waals surface area contributed by atoms with E-state index in [2.05, 4.69) is 62.5 Å². The lowest BCUT2D eigenvalue weighted by Gasteiger charge is -2.18. The van der Waals surface area contributed by atoms with Gasteiger partial charge in [-0.2, -0.15) is 5.10 Å². The van der Waals surface area contributed by atoms with Crippen molar-refractivity contribution < 1.29 is 0 Å². The van der Waals surface area contributed by atoms with Crippen LogP contribution in [0.3, 0.4) is 0 Å². The normalized spacial score (nSPS) is 16.1. The molecule has 1 fully saturated rings. The summed E-state index contributed by atoms with van der Waals surface area (Å²) in [4.78, 5) is 4.43. The first-order valence-corrected chi connectivity index (χ1v) is 8.41. The minimum Gasteiger partial charge on any atom is -0.313 e. The summed E-state index contributed by atoms with van der Waals surface area (Å²) in [6.45, 7) is 3.98. The molecule has 112 valence electrons. The Labute approximate surface area is 134 Å². The first-order valence-electron chi connectivity index (χ1n) is 7.61. The van der Waals surface area contributed by atoms with Gasteiger partial charge in [-0.1, -0.05) is 28.1 Å². The van der Waals surface area contributed by atoms with Gasteiger partial charge in [-0.15, -0.1) is 0 Å². The second-order valence-electron chi connectivity index (χ2n) is 5.63. The van der Waals surface area contributed by atoms with Crippen LogP contribution in [0.2, 0.25) is 0 Å². The lowest BCUT2D eigenvalue weighted by molar-refractivity contribution is 0.535. The molecule has 1 aromatic carbocycles. The van der Waals surface area contributed by atoms with E-state index in [0.29, 0.717) is 5.92 Å². The fourth-order valence-electron chi connectivity index (χ4n) is 2.60. The predicted molar refractivity (Wildman–Crippen MR) is 87.3 cm³/mol. The van der Waals surface area contributed by atoms with Crippen molar-refractivity contribution in [2.45, 2.75) is 44.7 Å². The van der Waals surface area contributed by atoms with Crippen LogP contribution in [0, 0.1) is 0 Å². The van der Waals surface area contributed by atoms with Crippen LogP contribution in [-0.4, -0.2) is 27.4 Å². The molecule has 1 atom stereocenters. The van der Waals surface area contributed by atoms with Crippen molar-refractivity contribution in [2.24, 2.45) is 0 Å². The van der Waals surface area contributed by atoms with Crippen LogP contribution >= 0.6 is 15.9 Å². The Morgan fingerprint density at radius 2 is 2.29 bits per heavy atom. The van der Waals surface area contributed by atoms with Gasteiger partial charge in [-0.05, 0) is 37.5 Å². The molecular formula is C16H21BrN4. The van der Waals surface area contributed by atoms with Gasteiger partial charge >= 0.3 is 0 Å². The summed E-state index contributed by atoms with van der Waals surface area (Å²) in [6.07, 6.45) is 5.21. The second kappa shape index (κ2) is 6.71. The highest BCUT2D eigenvalue weighted by molar-refractivity contribution is 9.10. The molecule has 5 heteroatoms. The van der Waals surface area contributed by atoms with Gasteiger partial charge in [0.25, 0.3) is 0 Å². The minimum absolute atomic E-state index is 0.428. The minimum atomic E-state index is 0.428. The molecule has 0 radical (unpaired) electrons. The summed E-state index contributed by atoms with van der Waals surface area (Å²) in [5, 5.41) is 7.93. The number of nitrogens with zero attached hydrogens (tertiary/aromatic N) is 3. The lowest BCUT2D eigenvalue weighted by atomic mass is 9.95. The van der Waals surface area contributed by atoms with E-state index in [0.717, 1.165) is 35.8 Å². The average molecular weight is 349 g/mol. The number of hydrogen-bond donors (Lipinski definition) is 1. The molecule has 0 spiro atoms. The zero-order valence-corrected chi connectivity index (χ0v) is 13.9. The van der Waals surface area contributed by atoms with Gasteiger partial charge < -0.3 is 5.32 Å². The molecule has 1 N–H and O–H groups in total. The number of aromatic nitrogens is 3. The fraction of sp³-hybridized carbons (Fsp3) is 0.500. The van der Waals surface area contributed by atoms with Crippen LogP contribution in [0.4, 0.5) is 0 Å². The molecule has 1 aliphatic carbocycles. The Morgan fingerprint density at radius 3 is 3.00 bits per heavy atom. The first kappa shape index (κ1) is 14.7. The molecule has 0 bridgehead atoms.